The second-order valence-electron chi connectivity index (χ2n) is 12.7. The molecule has 5 atom stereocenters. The van der Waals surface area contributed by atoms with E-state index in [4.69, 9.17) is 9.47 Å². The number of carbonyl (C=O) groups is 1. The van der Waals surface area contributed by atoms with Gasteiger partial charge in [0.15, 0.2) is 29.6 Å². The highest BCUT2D eigenvalue weighted by Gasteiger charge is 2.40. The summed E-state index contributed by atoms with van der Waals surface area (Å²) in [5.74, 6) is -12.6. The third kappa shape index (κ3) is 7.17. The zero-order chi connectivity index (χ0) is 35.5. The first kappa shape index (κ1) is 35.6. The molecule has 0 radical (unpaired) electrons. The molecule has 4 aromatic rings. The van der Waals surface area contributed by atoms with E-state index in [-0.39, 0.29) is 43.9 Å². The van der Waals surface area contributed by atoms with Crippen LogP contribution in [0, 0.1) is 35.0 Å². The second kappa shape index (κ2) is 15.4. The maximum Gasteiger partial charge on any atom is 0.257 e. The van der Waals surface area contributed by atoms with Crippen LogP contribution in [0.1, 0.15) is 64.8 Å². The van der Waals surface area contributed by atoms with E-state index in [0.717, 1.165) is 41.6 Å². The van der Waals surface area contributed by atoms with Gasteiger partial charge in [0.05, 0.1) is 25.4 Å². The molecule has 2 aliphatic heterocycles. The Morgan fingerprint density at radius 2 is 1.48 bits per heavy atom. The molecule has 2 heterocycles. The van der Waals surface area contributed by atoms with Gasteiger partial charge in [0, 0.05) is 30.6 Å². The summed E-state index contributed by atoms with van der Waals surface area (Å²) in [6, 6.07) is 22.0. The zero-order valence-electron chi connectivity index (χ0n) is 27.2. The van der Waals surface area contributed by atoms with Crippen LogP contribution < -0.4 is 5.32 Å². The van der Waals surface area contributed by atoms with E-state index in [1.165, 1.54) is 0 Å². The van der Waals surface area contributed by atoms with Gasteiger partial charge in [0.1, 0.15) is 5.56 Å². The van der Waals surface area contributed by atoms with Gasteiger partial charge in [-0.1, -0.05) is 79.7 Å². The van der Waals surface area contributed by atoms with E-state index in [1.807, 2.05) is 48.5 Å². The van der Waals surface area contributed by atoms with Crippen molar-refractivity contribution in [3.63, 3.8) is 0 Å². The van der Waals surface area contributed by atoms with Crippen LogP contribution in [0.25, 0.3) is 11.1 Å². The maximum atomic E-state index is 14.2. The number of amides is 1. The van der Waals surface area contributed by atoms with Gasteiger partial charge in [0.2, 0.25) is 5.82 Å². The largest absolute Gasteiger partial charge is 0.395 e. The van der Waals surface area contributed by atoms with Crippen molar-refractivity contribution in [2.75, 3.05) is 19.7 Å². The van der Waals surface area contributed by atoms with Gasteiger partial charge in [-0.2, -0.15) is 0 Å². The predicted octanol–water partition coefficient (Wildman–Crippen LogP) is 6.72. The molecule has 0 bridgehead atoms. The molecular weight excluding hydrogens is 659 g/mol. The van der Waals surface area contributed by atoms with Crippen molar-refractivity contribution < 1.29 is 46.4 Å². The van der Waals surface area contributed by atoms with Crippen LogP contribution in [-0.4, -0.2) is 52.9 Å². The minimum Gasteiger partial charge on any atom is -0.395 e. The van der Waals surface area contributed by atoms with Gasteiger partial charge < -0.3 is 25.0 Å². The van der Waals surface area contributed by atoms with E-state index in [9.17, 15) is 37.0 Å². The molecule has 0 aliphatic carbocycles. The number of aliphatic hydroxyl groups is 2. The molecule has 264 valence electrons. The molecule has 50 heavy (non-hydrogen) atoms. The first-order chi connectivity index (χ1) is 24.1. The summed E-state index contributed by atoms with van der Waals surface area (Å²) in [7, 11) is 0. The fraction of sp³-hybridized carbons (Fsp3) is 0.342. The highest BCUT2D eigenvalue weighted by atomic mass is 19.2. The highest BCUT2D eigenvalue weighted by Crippen LogP contribution is 2.42. The molecule has 4 aromatic carbocycles. The number of rotatable bonds is 10. The SMILES string of the molecule is CC1C(CN2CCCC2CO)OC(c2ccc(-c3ccccc3CNC(=O)c3c(F)c(F)c(F)c(F)c3F)cc2)OC1c1ccc(CO)cc1. The summed E-state index contributed by atoms with van der Waals surface area (Å²) in [5, 5.41) is 21.7. The number of hydrogen-bond donors (Lipinski definition) is 3. The lowest BCUT2D eigenvalue weighted by atomic mass is 9.89. The Labute approximate surface area is 286 Å². The van der Waals surface area contributed by atoms with Crippen molar-refractivity contribution in [3.8, 4) is 11.1 Å². The number of benzene rings is 4. The summed E-state index contributed by atoms with van der Waals surface area (Å²) in [4.78, 5) is 14.9. The smallest absolute Gasteiger partial charge is 0.257 e. The average Bonchev–Trinajstić information content (AvgIpc) is 3.60. The van der Waals surface area contributed by atoms with Crippen LogP contribution in [0.4, 0.5) is 22.0 Å². The zero-order valence-corrected chi connectivity index (χ0v) is 27.2. The van der Waals surface area contributed by atoms with E-state index < -0.39 is 46.8 Å². The summed E-state index contributed by atoms with van der Waals surface area (Å²) in [5.41, 5.74) is 2.87. The molecule has 6 rings (SSSR count). The van der Waals surface area contributed by atoms with Crippen LogP contribution in [-0.2, 0) is 22.6 Å². The van der Waals surface area contributed by atoms with Gasteiger partial charge in [-0.05, 0) is 47.2 Å². The molecule has 0 saturated carbocycles. The molecular formula is C38H37F5N2O5. The van der Waals surface area contributed by atoms with E-state index in [1.54, 1.807) is 24.3 Å². The first-order valence-corrected chi connectivity index (χ1v) is 16.4. The molecule has 7 nitrogen and oxygen atoms in total. The molecule has 1 amide bonds. The van der Waals surface area contributed by atoms with Crippen molar-refractivity contribution in [1.29, 1.82) is 0 Å². The summed E-state index contributed by atoms with van der Waals surface area (Å²) in [6.07, 6.45) is 0.669. The monoisotopic (exact) mass is 696 g/mol. The number of likely N-dealkylation sites (tertiary alicyclic amines) is 1. The Morgan fingerprint density at radius 1 is 0.840 bits per heavy atom. The lowest BCUT2D eigenvalue weighted by Crippen LogP contribution is -2.46. The van der Waals surface area contributed by atoms with Crippen LogP contribution in [0.3, 0.4) is 0 Å². The summed E-state index contributed by atoms with van der Waals surface area (Å²) >= 11 is 0. The van der Waals surface area contributed by atoms with Gasteiger partial charge in [0.25, 0.3) is 5.91 Å². The van der Waals surface area contributed by atoms with Gasteiger partial charge in [-0.3, -0.25) is 9.69 Å². The molecule has 0 spiro atoms. The molecule has 3 N–H and O–H groups in total. The lowest BCUT2D eigenvalue weighted by Gasteiger charge is -2.43. The number of halogens is 5. The topological polar surface area (TPSA) is 91.3 Å². The van der Waals surface area contributed by atoms with Crippen LogP contribution in [0.15, 0.2) is 72.8 Å². The highest BCUT2D eigenvalue weighted by molar-refractivity contribution is 5.95. The molecule has 5 unspecified atom stereocenters. The molecule has 2 saturated heterocycles. The van der Waals surface area contributed by atoms with Crippen LogP contribution in [0.2, 0.25) is 0 Å². The Bertz CT molecular complexity index is 1800. The van der Waals surface area contributed by atoms with Crippen molar-refractivity contribution in [2.45, 2.75) is 57.5 Å². The molecule has 0 aromatic heterocycles. The molecule has 12 heteroatoms. The third-order valence-corrected chi connectivity index (χ3v) is 9.64. The minimum atomic E-state index is -2.34. The fourth-order valence-electron chi connectivity index (χ4n) is 6.75. The van der Waals surface area contributed by atoms with Crippen molar-refractivity contribution in [1.82, 2.24) is 10.2 Å². The second-order valence-corrected chi connectivity index (χ2v) is 12.7. The number of nitrogens with zero attached hydrogens (tertiary/aromatic N) is 1. The number of aliphatic hydroxyl groups excluding tert-OH is 2. The quantitative estimate of drug-likeness (QED) is 0.0970. The number of ether oxygens (including phenoxy) is 2. The van der Waals surface area contributed by atoms with E-state index in [0.29, 0.717) is 17.7 Å². The van der Waals surface area contributed by atoms with Gasteiger partial charge >= 0.3 is 0 Å². The first-order valence-electron chi connectivity index (χ1n) is 16.4. The van der Waals surface area contributed by atoms with E-state index in [2.05, 4.69) is 17.1 Å². The Kier molecular flexibility index (Phi) is 10.9. The van der Waals surface area contributed by atoms with E-state index >= 15 is 0 Å². The Hall–Kier alpha value is -4.20. The third-order valence-electron chi connectivity index (χ3n) is 9.64. The van der Waals surface area contributed by atoms with Crippen LogP contribution >= 0.6 is 0 Å². The normalized spacial score (nSPS) is 22.5. The fourth-order valence-corrected chi connectivity index (χ4v) is 6.75. The lowest BCUT2D eigenvalue weighted by molar-refractivity contribution is -0.276. The predicted molar refractivity (Wildman–Crippen MR) is 174 cm³/mol. The van der Waals surface area contributed by atoms with Gasteiger partial charge in [-0.25, -0.2) is 22.0 Å². The van der Waals surface area contributed by atoms with Crippen molar-refractivity contribution in [2.24, 2.45) is 5.92 Å². The number of nitrogens with one attached hydrogen (secondary N) is 1. The summed E-state index contributed by atoms with van der Waals surface area (Å²) in [6.45, 7) is 3.33. The number of carbonyl (C=O) groups excluding carboxylic acids is 1. The average molecular weight is 697 g/mol. The Balaban J connectivity index is 1.22. The van der Waals surface area contributed by atoms with Gasteiger partial charge in [-0.15, -0.1) is 0 Å². The Morgan fingerprint density at radius 3 is 2.14 bits per heavy atom. The standard InChI is InChI=1S/C38H37F5N2O5/c1-21-29(18-45-16-4-6-27(45)20-47)49-38(50-36(21)24-10-8-22(19-46)9-11-24)25-14-12-23(13-15-25)28-7-3-2-5-26(28)17-44-37(48)30-31(39)33(41)35(43)34(42)32(30)40/h2-3,5,7-15,21,27,29,36,38,46-47H,4,6,16-20H2,1H3,(H,44,48). The van der Waals surface area contributed by atoms with Crippen molar-refractivity contribution >= 4 is 5.91 Å². The molecule has 2 aliphatic rings. The maximum absolute atomic E-state index is 14.2. The van der Waals surface area contributed by atoms with Crippen LogP contribution in [0.5, 0.6) is 0 Å². The number of hydrogen-bond acceptors (Lipinski definition) is 6. The summed E-state index contributed by atoms with van der Waals surface area (Å²) < 4.78 is 82.5. The molecule has 2 fully saturated rings. The minimum absolute atomic E-state index is 0.0302. The van der Waals surface area contributed by atoms with Crippen molar-refractivity contribution in [3.05, 3.63) is 130 Å².